The molecule has 0 unspecified atom stereocenters. The van der Waals surface area contributed by atoms with Gasteiger partial charge in [-0.15, -0.1) is 0 Å². The van der Waals surface area contributed by atoms with Gasteiger partial charge in [-0.3, -0.25) is 9.89 Å². The fraction of sp³-hybridized carbons (Fsp3) is 0.278. The van der Waals surface area contributed by atoms with E-state index in [0.29, 0.717) is 16.9 Å². The number of fused-ring (bicyclic) bond motifs is 2. The first-order valence-corrected chi connectivity index (χ1v) is 8.20. The van der Waals surface area contributed by atoms with Crippen molar-refractivity contribution >= 4 is 22.6 Å². The number of nitrogens with one attached hydrogen (secondary N) is 2. The second-order valence-electron chi connectivity index (χ2n) is 6.21. The Balaban J connectivity index is 1.63. The van der Waals surface area contributed by atoms with E-state index in [1.54, 1.807) is 18.5 Å². The summed E-state index contributed by atoms with van der Waals surface area (Å²) >= 11 is 0. The molecule has 122 valence electrons. The smallest absolute Gasteiger partial charge is 0.255 e. The van der Waals surface area contributed by atoms with Crippen molar-refractivity contribution in [3.8, 4) is 0 Å². The fourth-order valence-electron chi connectivity index (χ4n) is 3.31. The number of nitrogens with zero attached hydrogens (tertiary/aromatic N) is 2. The molecule has 0 fully saturated rings. The lowest BCUT2D eigenvalue weighted by Gasteiger charge is -2.14. The zero-order valence-electron chi connectivity index (χ0n) is 13.2. The van der Waals surface area contributed by atoms with Crippen LogP contribution in [-0.2, 0) is 6.42 Å². The second-order valence-corrected chi connectivity index (χ2v) is 6.21. The number of anilines is 1. The Morgan fingerprint density at radius 3 is 3.12 bits per heavy atom. The Morgan fingerprint density at radius 1 is 1.29 bits per heavy atom. The number of aromatic amines is 1. The second kappa shape index (κ2) is 6.05. The third kappa shape index (κ3) is 2.65. The summed E-state index contributed by atoms with van der Waals surface area (Å²) in [5.74, 6) is -0.135. The molecule has 0 radical (unpaired) electrons. The average molecular weight is 321 g/mol. The van der Waals surface area contributed by atoms with Crippen molar-refractivity contribution in [1.82, 2.24) is 15.2 Å². The minimum Gasteiger partial charge on any atom is -0.324 e. The number of H-pyrrole nitrogens is 1. The summed E-state index contributed by atoms with van der Waals surface area (Å²) in [7, 11) is 0. The van der Waals surface area contributed by atoms with Crippen LogP contribution in [-0.4, -0.2) is 21.1 Å². The SMILES string of the molecule is N[C@@H]1CCCCc2cc(C(=O)Nc3ccnc4[nH]ncc34)ccc21. The molecule has 0 spiro atoms. The number of nitrogens with two attached hydrogens (primary N) is 1. The molecule has 1 atom stereocenters. The zero-order valence-corrected chi connectivity index (χ0v) is 13.2. The third-order valence-corrected chi connectivity index (χ3v) is 4.62. The Bertz CT molecular complexity index is 901. The summed E-state index contributed by atoms with van der Waals surface area (Å²) in [4.78, 5) is 16.8. The predicted octanol–water partition coefficient (Wildman–Crippen LogP) is 2.94. The van der Waals surface area contributed by atoms with Crippen LogP contribution in [0.1, 0.15) is 46.8 Å². The first kappa shape index (κ1) is 14.8. The van der Waals surface area contributed by atoms with Crippen molar-refractivity contribution in [1.29, 1.82) is 0 Å². The molecule has 2 aromatic heterocycles. The van der Waals surface area contributed by atoms with Gasteiger partial charge in [-0.2, -0.15) is 5.10 Å². The van der Waals surface area contributed by atoms with Gasteiger partial charge in [0.1, 0.15) is 0 Å². The van der Waals surface area contributed by atoms with E-state index in [4.69, 9.17) is 5.73 Å². The molecular formula is C18H19N5O. The van der Waals surface area contributed by atoms with Gasteiger partial charge in [0.15, 0.2) is 5.65 Å². The van der Waals surface area contributed by atoms with E-state index in [-0.39, 0.29) is 11.9 Å². The van der Waals surface area contributed by atoms with Gasteiger partial charge in [0.2, 0.25) is 0 Å². The normalized spacial score (nSPS) is 17.3. The van der Waals surface area contributed by atoms with Gasteiger partial charge in [0.25, 0.3) is 5.91 Å². The van der Waals surface area contributed by atoms with Crippen molar-refractivity contribution in [2.24, 2.45) is 5.73 Å². The summed E-state index contributed by atoms with van der Waals surface area (Å²) in [6, 6.07) is 7.68. The summed E-state index contributed by atoms with van der Waals surface area (Å²) in [6.07, 6.45) is 7.54. The standard InChI is InChI=1S/C18H19N5O/c19-15-4-2-1-3-11-9-12(5-6-13(11)15)18(24)22-16-7-8-20-17-14(16)10-21-23-17/h5-10,15H,1-4,19H2,(H2,20,21,22,23,24)/t15-/m1/s1. The van der Waals surface area contributed by atoms with E-state index >= 15 is 0 Å². The van der Waals surface area contributed by atoms with Gasteiger partial charge < -0.3 is 11.1 Å². The molecule has 6 nitrogen and oxygen atoms in total. The zero-order chi connectivity index (χ0) is 16.5. The van der Waals surface area contributed by atoms with Gasteiger partial charge in [-0.05, 0) is 48.6 Å². The number of benzene rings is 1. The lowest BCUT2D eigenvalue weighted by molar-refractivity contribution is 0.102. The van der Waals surface area contributed by atoms with Gasteiger partial charge in [-0.25, -0.2) is 4.98 Å². The van der Waals surface area contributed by atoms with Crippen LogP contribution in [0.4, 0.5) is 5.69 Å². The minimum atomic E-state index is -0.135. The quantitative estimate of drug-likeness (QED) is 0.632. The molecule has 0 saturated carbocycles. The first-order valence-electron chi connectivity index (χ1n) is 8.20. The Hall–Kier alpha value is -2.73. The number of pyridine rings is 1. The molecule has 24 heavy (non-hydrogen) atoms. The molecule has 2 heterocycles. The van der Waals surface area contributed by atoms with E-state index in [1.165, 1.54) is 11.1 Å². The molecule has 1 aliphatic rings. The van der Waals surface area contributed by atoms with Crippen molar-refractivity contribution in [2.45, 2.75) is 31.7 Å². The van der Waals surface area contributed by atoms with Crippen LogP contribution in [0.25, 0.3) is 11.0 Å². The Morgan fingerprint density at radius 2 is 2.21 bits per heavy atom. The van der Waals surface area contributed by atoms with Crippen LogP contribution in [0.15, 0.2) is 36.7 Å². The third-order valence-electron chi connectivity index (χ3n) is 4.62. The summed E-state index contributed by atoms with van der Waals surface area (Å²) in [6.45, 7) is 0. The highest BCUT2D eigenvalue weighted by atomic mass is 16.1. The predicted molar refractivity (Wildman–Crippen MR) is 92.8 cm³/mol. The maximum absolute atomic E-state index is 12.6. The van der Waals surface area contributed by atoms with Crippen LogP contribution in [0.3, 0.4) is 0 Å². The highest BCUT2D eigenvalue weighted by molar-refractivity contribution is 6.08. The Labute approximate surface area is 139 Å². The molecule has 4 N–H and O–H groups in total. The van der Waals surface area contributed by atoms with Crippen LogP contribution < -0.4 is 11.1 Å². The van der Waals surface area contributed by atoms with Crippen molar-refractivity contribution in [3.63, 3.8) is 0 Å². The maximum atomic E-state index is 12.6. The molecule has 6 heteroatoms. The Kier molecular flexibility index (Phi) is 3.74. The first-order chi connectivity index (χ1) is 11.7. The molecule has 3 aromatic rings. The molecule has 1 amide bonds. The van der Waals surface area contributed by atoms with Crippen LogP contribution >= 0.6 is 0 Å². The summed E-state index contributed by atoms with van der Waals surface area (Å²) in [5.41, 5.74) is 10.6. The van der Waals surface area contributed by atoms with E-state index in [0.717, 1.165) is 31.1 Å². The number of hydrogen-bond acceptors (Lipinski definition) is 4. The number of hydrogen-bond donors (Lipinski definition) is 3. The number of amides is 1. The van der Waals surface area contributed by atoms with Gasteiger partial charge in [-0.1, -0.05) is 12.5 Å². The van der Waals surface area contributed by atoms with Gasteiger partial charge in [0.05, 0.1) is 17.3 Å². The number of aromatic nitrogens is 3. The molecule has 0 saturated heterocycles. The summed E-state index contributed by atoms with van der Waals surface area (Å²) in [5, 5.41) is 10.5. The number of aryl methyl sites for hydroxylation is 1. The van der Waals surface area contributed by atoms with Crippen molar-refractivity contribution in [3.05, 3.63) is 53.3 Å². The van der Waals surface area contributed by atoms with Crippen molar-refractivity contribution in [2.75, 3.05) is 5.32 Å². The van der Waals surface area contributed by atoms with Crippen LogP contribution in [0.2, 0.25) is 0 Å². The van der Waals surface area contributed by atoms with E-state index in [1.807, 2.05) is 18.2 Å². The molecule has 4 rings (SSSR count). The fourth-order valence-corrected chi connectivity index (χ4v) is 3.31. The number of rotatable bonds is 2. The number of carbonyl (C=O) groups is 1. The van der Waals surface area contributed by atoms with Crippen LogP contribution in [0.5, 0.6) is 0 Å². The average Bonchev–Trinajstić information content (AvgIpc) is 3.00. The van der Waals surface area contributed by atoms with Crippen LogP contribution in [0, 0.1) is 0 Å². The molecular weight excluding hydrogens is 302 g/mol. The van der Waals surface area contributed by atoms with E-state index in [9.17, 15) is 4.79 Å². The van der Waals surface area contributed by atoms with E-state index < -0.39 is 0 Å². The van der Waals surface area contributed by atoms with Gasteiger partial charge >= 0.3 is 0 Å². The summed E-state index contributed by atoms with van der Waals surface area (Å²) < 4.78 is 0. The molecule has 0 bridgehead atoms. The highest BCUT2D eigenvalue weighted by Gasteiger charge is 2.17. The van der Waals surface area contributed by atoms with Crippen molar-refractivity contribution < 1.29 is 4.79 Å². The maximum Gasteiger partial charge on any atom is 0.255 e. The lowest BCUT2D eigenvalue weighted by atomic mass is 9.97. The monoisotopic (exact) mass is 321 g/mol. The topological polar surface area (TPSA) is 96.7 Å². The molecule has 0 aliphatic heterocycles. The van der Waals surface area contributed by atoms with E-state index in [2.05, 4.69) is 20.5 Å². The largest absolute Gasteiger partial charge is 0.324 e. The minimum absolute atomic E-state index is 0.0744. The number of carbonyl (C=O) groups excluding carboxylic acids is 1. The molecule has 1 aromatic carbocycles. The lowest BCUT2D eigenvalue weighted by Crippen LogP contribution is -2.15. The molecule has 1 aliphatic carbocycles. The van der Waals surface area contributed by atoms with Gasteiger partial charge in [0, 0.05) is 17.8 Å². The highest BCUT2D eigenvalue weighted by Crippen LogP contribution is 2.28.